The lowest BCUT2D eigenvalue weighted by molar-refractivity contribution is 0.0696. The van der Waals surface area contributed by atoms with Gasteiger partial charge in [-0.3, -0.25) is 4.98 Å². The fourth-order valence-electron chi connectivity index (χ4n) is 1.65. The maximum Gasteiger partial charge on any atom is 0.335 e. The van der Waals surface area contributed by atoms with Gasteiger partial charge in [-0.1, -0.05) is 29.8 Å². The minimum absolute atomic E-state index is 0.308. The van der Waals surface area contributed by atoms with Crippen LogP contribution in [-0.2, 0) is 13.1 Å². The summed E-state index contributed by atoms with van der Waals surface area (Å²) in [6.45, 7) is 0.883. The molecule has 0 radical (unpaired) electrons. The normalized spacial score (nSPS) is 10.2. The number of aromatic nitrogens is 1. The summed E-state index contributed by atoms with van der Waals surface area (Å²) in [6, 6.07) is 12.6. The number of rotatable bonds is 5. The second kappa shape index (κ2) is 5.93. The average molecular weight is 241 g/mol. The van der Waals surface area contributed by atoms with Crippen LogP contribution in [0.1, 0.15) is 21.6 Å². The Labute approximate surface area is 105 Å². The predicted molar refractivity (Wildman–Crippen MR) is 68.4 cm³/mol. The van der Waals surface area contributed by atoms with Gasteiger partial charge in [-0.15, -0.1) is 13.1 Å². The van der Waals surface area contributed by atoms with Crippen molar-refractivity contribution in [2.45, 2.75) is 13.1 Å². The van der Waals surface area contributed by atoms with Crippen LogP contribution in [-0.4, -0.2) is 16.1 Å². The highest BCUT2D eigenvalue weighted by Gasteiger charge is 2.04. The van der Waals surface area contributed by atoms with Gasteiger partial charge in [0, 0.05) is 11.9 Å². The lowest BCUT2D eigenvalue weighted by Crippen LogP contribution is -2.02. The monoisotopic (exact) mass is 241 g/mol. The van der Waals surface area contributed by atoms with Crippen molar-refractivity contribution in [2.24, 2.45) is 0 Å². The van der Waals surface area contributed by atoms with E-state index >= 15 is 0 Å². The molecule has 0 aliphatic rings. The number of nitrogens with zero attached hydrogens (tertiary/aromatic N) is 2. The summed E-state index contributed by atoms with van der Waals surface area (Å²) in [6.07, 6.45) is 1.72. The van der Waals surface area contributed by atoms with Crippen molar-refractivity contribution in [3.63, 3.8) is 0 Å². The molecular formula is C14H13N2O2-. The number of pyridine rings is 1. The van der Waals surface area contributed by atoms with E-state index in [0.717, 1.165) is 11.3 Å². The first-order valence-corrected chi connectivity index (χ1v) is 5.62. The molecule has 1 aromatic heterocycles. The molecule has 0 unspecified atom stereocenters. The van der Waals surface area contributed by atoms with E-state index in [0.29, 0.717) is 18.7 Å². The lowest BCUT2D eigenvalue weighted by Gasteiger charge is -2.19. The predicted octanol–water partition coefficient (Wildman–Crippen LogP) is 2.85. The van der Waals surface area contributed by atoms with Gasteiger partial charge in [0.15, 0.2) is 0 Å². The lowest BCUT2D eigenvalue weighted by atomic mass is 10.1. The summed E-state index contributed by atoms with van der Waals surface area (Å²) in [5, 5.41) is 13.4. The van der Waals surface area contributed by atoms with Gasteiger partial charge in [-0.2, -0.15) is 0 Å². The third kappa shape index (κ3) is 3.15. The molecule has 18 heavy (non-hydrogen) atoms. The summed E-state index contributed by atoms with van der Waals surface area (Å²) < 4.78 is 0. The number of aromatic carboxylic acids is 1. The molecule has 1 N–H and O–H groups in total. The van der Waals surface area contributed by atoms with Crippen molar-refractivity contribution >= 4 is 5.97 Å². The van der Waals surface area contributed by atoms with Gasteiger partial charge in [0.2, 0.25) is 0 Å². The van der Waals surface area contributed by atoms with Crippen molar-refractivity contribution in [1.29, 1.82) is 0 Å². The van der Waals surface area contributed by atoms with Crippen LogP contribution < -0.4 is 0 Å². The molecule has 4 heteroatoms. The second-order valence-corrected chi connectivity index (χ2v) is 3.82. The van der Waals surface area contributed by atoms with Crippen LogP contribution in [0.4, 0.5) is 0 Å². The van der Waals surface area contributed by atoms with E-state index in [2.05, 4.69) is 10.3 Å². The van der Waals surface area contributed by atoms with Crippen LogP contribution in [0.15, 0.2) is 48.7 Å². The van der Waals surface area contributed by atoms with E-state index in [-0.39, 0.29) is 0 Å². The fourth-order valence-corrected chi connectivity index (χ4v) is 1.65. The Balaban J connectivity index is 1.97. The number of hydrogen-bond donors (Lipinski definition) is 1. The van der Waals surface area contributed by atoms with Crippen molar-refractivity contribution in [2.75, 3.05) is 0 Å². The summed E-state index contributed by atoms with van der Waals surface area (Å²) >= 11 is 0. The third-order valence-corrected chi connectivity index (χ3v) is 2.53. The Hall–Kier alpha value is -2.20. The first kappa shape index (κ1) is 12.3. The molecule has 0 fully saturated rings. The molecule has 0 saturated carbocycles. The van der Waals surface area contributed by atoms with Crippen LogP contribution in [0.2, 0.25) is 0 Å². The second-order valence-electron chi connectivity index (χ2n) is 3.82. The van der Waals surface area contributed by atoms with Gasteiger partial charge in [0.1, 0.15) is 0 Å². The van der Waals surface area contributed by atoms with Gasteiger partial charge >= 0.3 is 5.97 Å². The number of carbonyl (C=O) groups is 1. The zero-order valence-electron chi connectivity index (χ0n) is 9.78. The summed E-state index contributed by atoms with van der Waals surface area (Å²) in [4.78, 5) is 15.2. The van der Waals surface area contributed by atoms with E-state index in [9.17, 15) is 4.79 Å². The molecule has 0 bridgehead atoms. The smallest absolute Gasteiger partial charge is 0.335 e. The molecule has 0 aliphatic carbocycles. The summed E-state index contributed by atoms with van der Waals surface area (Å²) in [5.74, 6) is -0.918. The molecule has 0 spiro atoms. The molecule has 1 heterocycles. The molecule has 0 saturated heterocycles. The zero-order valence-corrected chi connectivity index (χ0v) is 9.78. The standard InChI is InChI=1S/C14H13N2O2/c17-14(18)13-7-2-1-5-11(13)9-15-10-12-6-3-4-8-16-12/h1-8H,9-10H2,(H,17,18)/q-1. The van der Waals surface area contributed by atoms with Gasteiger partial charge in [-0.25, -0.2) is 4.79 Å². The van der Waals surface area contributed by atoms with Gasteiger partial charge < -0.3 is 10.4 Å². The minimum Gasteiger partial charge on any atom is -0.653 e. The van der Waals surface area contributed by atoms with E-state index < -0.39 is 5.97 Å². The fraction of sp³-hybridized carbons (Fsp3) is 0.143. The molecule has 1 aromatic carbocycles. The summed E-state index contributed by atoms with van der Waals surface area (Å²) in [5.41, 5.74) is 1.91. The largest absolute Gasteiger partial charge is 0.653 e. The Morgan fingerprint density at radius 1 is 1.11 bits per heavy atom. The SMILES string of the molecule is O=C(O)c1ccccc1C[N-]Cc1ccccn1. The van der Waals surface area contributed by atoms with Crippen molar-refractivity contribution in [1.82, 2.24) is 4.98 Å². The first-order chi connectivity index (χ1) is 8.77. The zero-order chi connectivity index (χ0) is 12.8. The van der Waals surface area contributed by atoms with E-state index in [1.165, 1.54) is 0 Å². The molecule has 0 amide bonds. The van der Waals surface area contributed by atoms with Crippen LogP contribution >= 0.6 is 0 Å². The van der Waals surface area contributed by atoms with Crippen molar-refractivity contribution < 1.29 is 9.90 Å². The highest BCUT2D eigenvalue weighted by molar-refractivity contribution is 5.89. The van der Waals surface area contributed by atoms with E-state index in [4.69, 9.17) is 5.11 Å². The van der Waals surface area contributed by atoms with Crippen LogP contribution in [0.3, 0.4) is 0 Å². The first-order valence-electron chi connectivity index (χ1n) is 5.62. The third-order valence-electron chi connectivity index (χ3n) is 2.53. The van der Waals surface area contributed by atoms with E-state index in [1.807, 2.05) is 24.3 Å². The van der Waals surface area contributed by atoms with Gasteiger partial charge in [0.25, 0.3) is 0 Å². The Kier molecular flexibility index (Phi) is 4.04. The number of carboxylic acid groups (broad SMARTS) is 1. The van der Waals surface area contributed by atoms with Gasteiger partial charge in [0.05, 0.1) is 5.56 Å². The molecule has 2 rings (SSSR count). The minimum atomic E-state index is -0.918. The topological polar surface area (TPSA) is 64.3 Å². The molecular weight excluding hydrogens is 228 g/mol. The van der Waals surface area contributed by atoms with Gasteiger partial charge in [-0.05, 0) is 18.2 Å². The van der Waals surface area contributed by atoms with Crippen LogP contribution in [0.5, 0.6) is 0 Å². The average Bonchev–Trinajstić information content (AvgIpc) is 2.40. The highest BCUT2D eigenvalue weighted by Crippen LogP contribution is 2.14. The summed E-state index contributed by atoms with van der Waals surface area (Å²) in [7, 11) is 0. The highest BCUT2D eigenvalue weighted by atomic mass is 16.4. The molecule has 2 aromatic rings. The Morgan fingerprint density at radius 3 is 2.61 bits per heavy atom. The Bertz CT molecular complexity index is 526. The molecule has 0 aliphatic heterocycles. The van der Waals surface area contributed by atoms with Crippen LogP contribution in [0, 0.1) is 0 Å². The number of benzene rings is 1. The number of carboxylic acids is 1. The van der Waals surface area contributed by atoms with Crippen LogP contribution in [0.25, 0.3) is 5.32 Å². The molecule has 92 valence electrons. The maximum atomic E-state index is 11.0. The molecule has 0 atom stereocenters. The van der Waals surface area contributed by atoms with Crippen molar-refractivity contribution in [3.8, 4) is 0 Å². The molecule has 4 nitrogen and oxygen atoms in total. The maximum absolute atomic E-state index is 11.0. The quantitative estimate of drug-likeness (QED) is 0.875. The Morgan fingerprint density at radius 2 is 1.89 bits per heavy atom. The van der Waals surface area contributed by atoms with Crippen molar-refractivity contribution in [3.05, 3.63) is 70.8 Å². The number of hydrogen-bond acceptors (Lipinski definition) is 2. The van der Waals surface area contributed by atoms with E-state index in [1.54, 1.807) is 24.4 Å².